The Kier molecular flexibility index (Phi) is 9.01. The maximum atomic E-state index is 11.8. The Hall–Kier alpha value is -1.50. The van der Waals surface area contributed by atoms with Crippen molar-refractivity contribution in [3.8, 4) is 0 Å². The lowest BCUT2D eigenvalue weighted by Gasteiger charge is -2.33. The van der Waals surface area contributed by atoms with E-state index in [1.807, 2.05) is 14.0 Å². The van der Waals surface area contributed by atoms with Crippen molar-refractivity contribution in [1.29, 1.82) is 0 Å². The first-order chi connectivity index (χ1) is 12.6. The van der Waals surface area contributed by atoms with Gasteiger partial charge in [0, 0.05) is 45.3 Å². The second-order valence-electron chi connectivity index (χ2n) is 7.34. The number of aliphatic imine (C=N–C) groups is 1. The quantitative estimate of drug-likeness (QED) is 0.427. The molecule has 0 spiro atoms. The molecule has 2 aliphatic heterocycles. The van der Waals surface area contributed by atoms with Gasteiger partial charge >= 0.3 is 6.09 Å². The summed E-state index contributed by atoms with van der Waals surface area (Å²) in [6.07, 6.45) is 6.83. The third-order valence-corrected chi connectivity index (χ3v) is 5.44. The Morgan fingerprint density at radius 2 is 1.96 bits per heavy atom. The van der Waals surface area contributed by atoms with Crippen LogP contribution in [0.5, 0.6) is 0 Å². The van der Waals surface area contributed by atoms with Crippen LogP contribution in [0, 0.1) is 0 Å². The van der Waals surface area contributed by atoms with Crippen molar-refractivity contribution in [2.75, 3.05) is 46.4 Å². The summed E-state index contributed by atoms with van der Waals surface area (Å²) in [4.78, 5) is 20.5. The molecule has 0 bridgehead atoms. The number of nitrogens with zero attached hydrogens (tertiary/aromatic N) is 3. The zero-order valence-corrected chi connectivity index (χ0v) is 16.8. The number of hydrogen-bond donors (Lipinski definition) is 2. The molecule has 2 rings (SSSR count). The van der Waals surface area contributed by atoms with Crippen LogP contribution in [-0.2, 0) is 4.74 Å². The highest BCUT2D eigenvalue weighted by Gasteiger charge is 2.24. The number of carbonyl (C=O) groups excluding carboxylic acids is 1. The summed E-state index contributed by atoms with van der Waals surface area (Å²) in [6.45, 7) is 9.43. The van der Waals surface area contributed by atoms with Gasteiger partial charge in [-0.25, -0.2) is 4.79 Å². The number of carbonyl (C=O) groups is 1. The largest absolute Gasteiger partial charge is 0.450 e. The number of piperidine rings is 2. The van der Waals surface area contributed by atoms with Crippen molar-refractivity contribution in [2.24, 2.45) is 4.99 Å². The third-order valence-electron chi connectivity index (χ3n) is 5.44. The van der Waals surface area contributed by atoms with Crippen LogP contribution < -0.4 is 10.6 Å². The highest BCUT2D eigenvalue weighted by atomic mass is 16.6. The van der Waals surface area contributed by atoms with Crippen LogP contribution in [0.4, 0.5) is 4.79 Å². The third kappa shape index (κ3) is 6.67. The lowest BCUT2D eigenvalue weighted by Crippen LogP contribution is -2.50. The van der Waals surface area contributed by atoms with Gasteiger partial charge in [0.05, 0.1) is 6.61 Å². The summed E-state index contributed by atoms with van der Waals surface area (Å²) in [5, 5.41) is 6.92. The van der Waals surface area contributed by atoms with Crippen LogP contribution in [0.1, 0.15) is 52.4 Å². The molecule has 7 nitrogen and oxygen atoms in total. The first-order valence-electron chi connectivity index (χ1n) is 10.3. The van der Waals surface area contributed by atoms with Crippen LogP contribution in [0.3, 0.4) is 0 Å². The molecule has 1 unspecified atom stereocenters. The molecule has 0 aliphatic carbocycles. The summed E-state index contributed by atoms with van der Waals surface area (Å²) in [7, 11) is 1.82. The zero-order valence-electron chi connectivity index (χ0n) is 16.8. The predicted molar refractivity (Wildman–Crippen MR) is 106 cm³/mol. The van der Waals surface area contributed by atoms with Crippen LogP contribution in [0.15, 0.2) is 4.99 Å². The van der Waals surface area contributed by atoms with Crippen molar-refractivity contribution in [3.05, 3.63) is 0 Å². The average Bonchev–Trinajstić information content (AvgIpc) is 2.66. The standard InChI is InChI=1S/C19H37N5O2/c1-4-26-19(25)24-14-9-17(10-15-24)22-18(20-3)21-11-7-13-23-12-6-5-8-16(23)2/h16-17H,4-15H2,1-3H3,(H2,20,21,22). The van der Waals surface area contributed by atoms with E-state index in [-0.39, 0.29) is 6.09 Å². The van der Waals surface area contributed by atoms with E-state index in [4.69, 9.17) is 4.74 Å². The summed E-state index contributed by atoms with van der Waals surface area (Å²) < 4.78 is 5.07. The van der Waals surface area contributed by atoms with Crippen molar-refractivity contribution in [2.45, 2.75) is 64.5 Å². The van der Waals surface area contributed by atoms with Crippen molar-refractivity contribution in [1.82, 2.24) is 20.4 Å². The number of nitrogens with one attached hydrogen (secondary N) is 2. The lowest BCUT2D eigenvalue weighted by atomic mass is 10.0. The number of hydrogen-bond acceptors (Lipinski definition) is 4. The Balaban J connectivity index is 1.61. The molecule has 2 saturated heterocycles. The van der Waals surface area contributed by atoms with Gasteiger partial charge in [-0.3, -0.25) is 4.99 Å². The summed E-state index contributed by atoms with van der Waals surface area (Å²) in [5.74, 6) is 0.867. The number of likely N-dealkylation sites (tertiary alicyclic amines) is 2. The fourth-order valence-electron chi connectivity index (χ4n) is 3.79. The lowest BCUT2D eigenvalue weighted by molar-refractivity contribution is 0.0963. The Morgan fingerprint density at radius 3 is 2.62 bits per heavy atom. The molecule has 0 saturated carbocycles. The van der Waals surface area contributed by atoms with E-state index in [9.17, 15) is 4.79 Å². The molecule has 2 fully saturated rings. The van der Waals surface area contributed by atoms with Gasteiger partial charge in [-0.1, -0.05) is 6.42 Å². The molecule has 0 radical (unpaired) electrons. The maximum Gasteiger partial charge on any atom is 0.409 e. The smallest absolute Gasteiger partial charge is 0.409 e. The van der Waals surface area contributed by atoms with Gasteiger partial charge in [0.1, 0.15) is 0 Å². The summed E-state index contributed by atoms with van der Waals surface area (Å²) >= 11 is 0. The SMILES string of the molecule is CCOC(=O)N1CCC(NC(=NC)NCCCN2CCCCC2C)CC1. The van der Waals surface area contributed by atoms with Crippen LogP contribution in [-0.4, -0.2) is 80.3 Å². The van der Waals surface area contributed by atoms with Crippen molar-refractivity contribution >= 4 is 12.1 Å². The highest BCUT2D eigenvalue weighted by Crippen LogP contribution is 2.16. The van der Waals surface area contributed by atoms with Gasteiger partial charge in [-0.15, -0.1) is 0 Å². The zero-order chi connectivity index (χ0) is 18.8. The molecule has 2 aliphatic rings. The van der Waals surface area contributed by atoms with E-state index < -0.39 is 0 Å². The van der Waals surface area contributed by atoms with Crippen molar-refractivity contribution in [3.63, 3.8) is 0 Å². The van der Waals surface area contributed by atoms with E-state index in [2.05, 4.69) is 27.4 Å². The second-order valence-corrected chi connectivity index (χ2v) is 7.34. The Labute approximate surface area is 158 Å². The van der Waals surface area contributed by atoms with Crippen molar-refractivity contribution < 1.29 is 9.53 Å². The van der Waals surface area contributed by atoms with Gasteiger partial charge < -0.3 is 25.2 Å². The first kappa shape index (κ1) is 20.8. The minimum atomic E-state index is -0.194. The molecule has 1 amide bonds. The molecule has 1 atom stereocenters. The number of rotatable bonds is 6. The fourth-order valence-corrected chi connectivity index (χ4v) is 3.79. The highest BCUT2D eigenvalue weighted by molar-refractivity contribution is 5.80. The predicted octanol–water partition coefficient (Wildman–Crippen LogP) is 2.04. The molecular formula is C19H37N5O2. The minimum absolute atomic E-state index is 0.194. The molecule has 150 valence electrons. The minimum Gasteiger partial charge on any atom is -0.450 e. The first-order valence-corrected chi connectivity index (χ1v) is 10.3. The summed E-state index contributed by atoms with van der Waals surface area (Å²) in [5.41, 5.74) is 0. The second kappa shape index (κ2) is 11.3. The average molecular weight is 368 g/mol. The van der Waals surface area contributed by atoms with Crippen LogP contribution >= 0.6 is 0 Å². The topological polar surface area (TPSA) is 69.2 Å². The number of guanidine groups is 1. The molecule has 7 heteroatoms. The maximum absolute atomic E-state index is 11.8. The van der Waals surface area contributed by atoms with E-state index in [0.717, 1.165) is 57.4 Å². The van der Waals surface area contributed by atoms with E-state index in [1.54, 1.807) is 4.90 Å². The number of ether oxygens (including phenoxy) is 1. The molecule has 0 aromatic carbocycles. The summed E-state index contributed by atoms with van der Waals surface area (Å²) in [6, 6.07) is 1.08. The van der Waals surface area contributed by atoms with E-state index >= 15 is 0 Å². The Morgan fingerprint density at radius 1 is 1.19 bits per heavy atom. The molecular weight excluding hydrogens is 330 g/mol. The van der Waals surface area contributed by atoms with E-state index in [0.29, 0.717) is 12.6 Å². The molecule has 2 N–H and O–H groups in total. The van der Waals surface area contributed by atoms with Gasteiger partial charge in [0.15, 0.2) is 5.96 Å². The molecule has 2 heterocycles. The van der Waals surface area contributed by atoms with Crippen LogP contribution in [0.25, 0.3) is 0 Å². The van der Waals surface area contributed by atoms with Crippen LogP contribution in [0.2, 0.25) is 0 Å². The van der Waals surface area contributed by atoms with Gasteiger partial charge in [0.25, 0.3) is 0 Å². The molecule has 0 aromatic heterocycles. The molecule has 0 aromatic rings. The van der Waals surface area contributed by atoms with Gasteiger partial charge in [-0.2, -0.15) is 0 Å². The monoisotopic (exact) mass is 367 g/mol. The van der Waals surface area contributed by atoms with Gasteiger partial charge in [-0.05, 0) is 52.5 Å². The van der Waals surface area contributed by atoms with Gasteiger partial charge in [0.2, 0.25) is 0 Å². The fraction of sp³-hybridized carbons (Fsp3) is 0.895. The Bertz CT molecular complexity index is 449. The number of amides is 1. The normalized spacial score (nSPS) is 23.0. The van der Waals surface area contributed by atoms with E-state index in [1.165, 1.54) is 25.8 Å². The molecule has 26 heavy (non-hydrogen) atoms.